The Bertz CT molecular complexity index is 618. The molecule has 0 aliphatic heterocycles. The van der Waals surface area contributed by atoms with Crippen LogP contribution in [0.1, 0.15) is 11.1 Å². The first-order valence-electron chi connectivity index (χ1n) is 5.87. The summed E-state index contributed by atoms with van der Waals surface area (Å²) in [4.78, 5) is 0. The van der Waals surface area contributed by atoms with E-state index in [0.29, 0.717) is 18.7 Å². The van der Waals surface area contributed by atoms with Gasteiger partial charge in [-0.25, -0.2) is 8.78 Å². The summed E-state index contributed by atoms with van der Waals surface area (Å²) in [7, 11) is 0. The summed E-state index contributed by atoms with van der Waals surface area (Å²) in [5.41, 5.74) is 1.50. The third-order valence-corrected chi connectivity index (χ3v) is 2.72. The maximum atomic E-state index is 13.3. The van der Waals surface area contributed by atoms with Gasteiger partial charge in [0.25, 0.3) is 0 Å². The molecular weight excluding hydrogens is 246 g/mol. The van der Waals surface area contributed by atoms with Crippen LogP contribution in [0, 0.1) is 23.0 Å². The number of halogens is 2. The van der Waals surface area contributed by atoms with Crippen molar-refractivity contribution in [3.05, 3.63) is 65.2 Å². The molecular formula is C15H12F2N2. The minimum Gasteiger partial charge on any atom is -0.385 e. The molecule has 0 heterocycles. The second-order valence-corrected chi connectivity index (χ2v) is 4.11. The van der Waals surface area contributed by atoms with Gasteiger partial charge in [-0.15, -0.1) is 0 Å². The summed E-state index contributed by atoms with van der Waals surface area (Å²) in [6.07, 6.45) is 0.638. The predicted molar refractivity (Wildman–Crippen MR) is 69.7 cm³/mol. The summed E-state index contributed by atoms with van der Waals surface area (Å²) in [5.74, 6) is -0.805. The molecule has 0 saturated carbocycles. The van der Waals surface area contributed by atoms with Crippen molar-refractivity contribution in [3.8, 4) is 6.07 Å². The van der Waals surface area contributed by atoms with E-state index in [1.807, 2.05) is 6.07 Å². The van der Waals surface area contributed by atoms with Crippen LogP contribution in [-0.4, -0.2) is 6.54 Å². The highest BCUT2D eigenvalue weighted by atomic mass is 19.1. The summed E-state index contributed by atoms with van der Waals surface area (Å²) < 4.78 is 26.3. The maximum absolute atomic E-state index is 13.3. The van der Waals surface area contributed by atoms with Gasteiger partial charge in [-0.2, -0.15) is 5.26 Å². The Morgan fingerprint density at radius 2 is 1.95 bits per heavy atom. The van der Waals surface area contributed by atoms with Crippen molar-refractivity contribution >= 4 is 5.69 Å². The monoisotopic (exact) mass is 258 g/mol. The summed E-state index contributed by atoms with van der Waals surface area (Å²) >= 11 is 0. The third kappa shape index (κ3) is 3.52. The minimum atomic E-state index is -0.543. The fraction of sp³-hybridized carbons (Fsp3) is 0.133. The fourth-order valence-corrected chi connectivity index (χ4v) is 1.76. The van der Waals surface area contributed by atoms with E-state index in [2.05, 4.69) is 5.32 Å². The number of hydrogen-bond acceptors (Lipinski definition) is 2. The van der Waals surface area contributed by atoms with Gasteiger partial charge in [0.05, 0.1) is 5.56 Å². The van der Waals surface area contributed by atoms with Gasteiger partial charge in [0.2, 0.25) is 0 Å². The van der Waals surface area contributed by atoms with Crippen molar-refractivity contribution in [1.82, 2.24) is 0 Å². The van der Waals surface area contributed by atoms with Gasteiger partial charge in [0, 0.05) is 12.2 Å². The maximum Gasteiger partial charge on any atom is 0.143 e. The molecule has 1 N–H and O–H groups in total. The molecule has 4 heteroatoms. The molecule has 0 atom stereocenters. The molecule has 0 radical (unpaired) electrons. The Morgan fingerprint density at radius 3 is 2.63 bits per heavy atom. The second kappa shape index (κ2) is 5.96. The number of nitrogens with one attached hydrogen (secondary N) is 1. The lowest BCUT2D eigenvalue weighted by Gasteiger charge is -2.07. The number of nitriles is 1. The van der Waals surface area contributed by atoms with E-state index in [1.54, 1.807) is 18.2 Å². The first kappa shape index (κ1) is 13.0. The van der Waals surface area contributed by atoms with E-state index in [-0.39, 0.29) is 11.4 Å². The standard InChI is InChI=1S/C15H12F2N2/c16-13-3-1-2-11(8-13)6-7-19-14-5-4-12(10-18)15(17)9-14/h1-5,8-9,19H,6-7H2. The van der Waals surface area contributed by atoms with Gasteiger partial charge in [0.15, 0.2) is 0 Å². The zero-order valence-electron chi connectivity index (χ0n) is 10.2. The quantitative estimate of drug-likeness (QED) is 0.911. The van der Waals surface area contributed by atoms with E-state index in [9.17, 15) is 8.78 Å². The van der Waals surface area contributed by atoms with E-state index in [1.165, 1.54) is 24.3 Å². The van der Waals surface area contributed by atoms with Crippen molar-refractivity contribution in [3.63, 3.8) is 0 Å². The number of anilines is 1. The van der Waals surface area contributed by atoms with Crippen LogP contribution in [0.3, 0.4) is 0 Å². The van der Waals surface area contributed by atoms with Gasteiger partial charge in [-0.1, -0.05) is 12.1 Å². The van der Waals surface area contributed by atoms with Crippen LogP contribution in [0.5, 0.6) is 0 Å². The highest BCUT2D eigenvalue weighted by Gasteiger charge is 2.02. The molecule has 2 nitrogen and oxygen atoms in total. The Labute approximate surface area is 110 Å². The number of rotatable bonds is 4. The Hall–Kier alpha value is -2.41. The number of nitrogens with zero attached hydrogens (tertiary/aromatic N) is 1. The normalized spacial score (nSPS) is 9.95. The topological polar surface area (TPSA) is 35.8 Å². The Morgan fingerprint density at radius 1 is 1.11 bits per heavy atom. The number of hydrogen-bond donors (Lipinski definition) is 1. The van der Waals surface area contributed by atoms with Gasteiger partial charge < -0.3 is 5.32 Å². The molecule has 2 aromatic rings. The van der Waals surface area contributed by atoms with Crippen LogP contribution in [0.25, 0.3) is 0 Å². The summed E-state index contributed by atoms with van der Waals surface area (Å²) in [5, 5.41) is 11.6. The molecule has 19 heavy (non-hydrogen) atoms. The smallest absolute Gasteiger partial charge is 0.143 e. The van der Waals surface area contributed by atoms with Gasteiger partial charge in [-0.3, -0.25) is 0 Å². The van der Waals surface area contributed by atoms with E-state index < -0.39 is 5.82 Å². The molecule has 0 fully saturated rings. The average Bonchev–Trinajstić information content (AvgIpc) is 2.39. The zero-order chi connectivity index (χ0) is 13.7. The van der Waals surface area contributed by atoms with Gasteiger partial charge in [-0.05, 0) is 42.3 Å². The van der Waals surface area contributed by atoms with Gasteiger partial charge >= 0.3 is 0 Å². The SMILES string of the molecule is N#Cc1ccc(NCCc2cccc(F)c2)cc1F. The van der Waals surface area contributed by atoms with Crippen LogP contribution in [0.15, 0.2) is 42.5 Å². The molecule has 0 aliphatic rings. The summed E-state index contributed by atoms with van der Waals surface area (Å²) in [6.45, 7) is 0.564. The van der Waals surface area contributed by atoms with Crippen molar-refractivity contribution in [1.29, 1.82) is 5.26 Å². The van der Waals surface area contributed by atoms with Crippen LogP contribution in [-0.2, 0) is 6.42 Å². The van der Waals surface area contributed by atoms with Crippen molar-refractivity contribution in [2.75, 3.05) is 11.9 Å². The average molecular weight is 258 g/mol. The molecule has 0 aromatic heterocycles. The van der Waals surface area contributed by atoms with E-state index >= 15 is 0 Å². The Balaban J connectivity index is 1.93. The molecule has 0 unspecified atom stereocenters. The molecule has 0 amide bonds. The Kier molecular flexibility index (Phi) is 4.09. The van der Waals surface area contributed by atoms with Crippen LogP contribution in [0.2, 0.25) is 0 Å². The highest BCUT2D eigenvalue weighted by Crippen LogP contribution is 2.14. The van der Waals surface area contributed by atoms with Crippen molar-refractivity contribution in [2.45, 2.75) is 6.42 Å². The molecule has 2 rings (SSSR count). The fourth-order valence-electron chi connectivity index (χ4n) is 1.76. The van der Waals surface area contributed by atoms with Crippen LogP contribution in [0.4, 0.5) is 14.5 Å². The van der Waals surface area contributed by atoms with Crippen molar-refractivity contribution in [2.24, 2.45) is 0 Å². The molecule has 0 aliphatic carbocycles. The summed E-state index contributed by atoms with van der Waals surface area (Å²) in [6, 6.07) is 12.5. The van der Waals surface area contributed by atoms with Crippen molar-refractivity contribution < 1.29 is 8.78 Å². The zero-order valence-corrected chi connectivity index (χ0v) is 10.2. The minimum absolute atomic E-state index is 0.0238. The molecule has 0 spiro atoms. The second-order valence-electron chi connectivity index (χ2n) is 4.11. The first-order valence-corrected chi connectivity index (χ1v) is 5.87. The molecule has 2 aromatic carbocycles. The lowest BCUT2D eigenvalue weighted by atomic mass is 10.1. The molecule has 96 valence electrons. The van der Waals surface area contributed by atoms with E-state index in [0.717, 1.165) is 5.56 Å². The number of benzene rings is 2. The largest absolute Gasteiger partial charge is 0.385 e. The highest BCUT2D eigenvalue weighted by molar-refractivity contribution is 5.48. The molecule has 0 saturated heterocycles. The lowest BCUT2D eigenvalue weighted by molar-refractivity contribution is 0.624. The molecule has 0 bridgehead atoms. The third-order valence-electron chi connectivity index (χ3n) is 2.72. The van der Waals surface area contributed by atoms with Crippen LogP contribution >= 0.6 is 0 Å². The van der Waals surface area contributed by atoms with E-state index in [4.69, 9.17) is 5.26 Å². The van der Waals surface area contributed by atoms with Gasteiger partial charge in [0.1, 0.15) is 17.7 Å². The lowest BCUT2D eigenvalue weighted by Crippen LogP contribution is -2.05. The predicted octanol–water partition coefficient (Wildman–Crippen LogP) is 3.49. The first-order chi connectivity index (χ1) is 9.19. The van der Waals surface area contributed by atoms with Crippen LogP contribution < -0.4 is 5.32 Å².